The molecule has 3 nitrogen and oxygen atoms in total. The van der Waals surface area contributed by atoms with Crippen molar-refractivity contribution in [2.75, 3.05) is 4.90 Å². The maximum Gasteiger partial charge on any atom is 0.234 e. The maximum atomic E-state index is 12.2. The fourth-order valence-corrected chi connectivity index (χ4v) is 2.64. The zero-order chi connectivity index (χ0) is 13.5. The molecule has 1 aromatic rings. The van der Waals surface area contributed by atoms with Gasteiger partial charge in [0.1, 0.15) is 0 Å². The van der Waals surface area contributed by atoms with E-state index in [1.165, 1.54) is 4.90 Å². The predicted molar refractivity (Wildman–Crippen MR) is 74.4 cm³/mol. The number of benzene rings is 1. The van der Waals surface area contributed by atoms with Gasteiger partial charge in [0.15, 0.2) is 0 Å². The standard InChI is InChI=1S/C14H16BrNO2/c1-9-10(15)5-4-6-11(9)16-12(17)7-14(2,3)8-13(16)18/h4-6H,7-8H2,1-3H3. The van der Waals surface area contributed by atoms with Crippen LogP contribution in [0.25, 0.3) is 0 Å². The zero-order valence-corrected chi connectivity index (χ0v) is 12.4. The third-order valence-corrected chi connectivity index (χ3v) is 4.10. The van der Waals surface area contributed by atoms with Crippen molar-refractivity contribution in [2.24, 2.45) is 5.41 Å². The van der Waals surface area contributed by atoms with Gasteiger partial charge in [0, 0.05) is 17.3 Å². The molecule has 0 N–H and O–H groups in total. The highest BCUT2D eigenvalue weighted by molar-refractivity contribution is 9.10. The van der Waals surface area contributed by atoms with E-state index in [0.29, 0.717) is 18.5 Å². The molecule has 96 valence electrons. The summed E-state index contributed by atoms with van der Waals surface area (Å²) in [6, 6.07) is 5.56. The summed E-state index contributed by atoms with van der Waals surface area (Å²) < 4.78 is 0.908. The molecule has 0 atom stereocenters. The fraction of sp³-hybridized carbons (Fsp3) is 0.429. The first-order chi connectivity index (χ1) is 8.32. The number of nitrogens with zero attached hydrogens (tertiary/aromatic N) is 1. The van der Waals surface area contributed by atoms with Crippen LogP contribution in [-0.4, -0.2) is 11.8 Å². The average molecular weight is 310 g/mol. The van der Waals surface area contributed by atoms with Crippen molar-refractivity contribution >= 4 is 33.4 Å². The van der Waals surface area contributed by atoms with E-state index in [1.54, 1.807) is 0 Å². The fourth-order valence-electron chi connectivity index (χ4n) is 2.29. The molecule has 0 radical (unpaired) electrons. The summed E-state index contributed by atoms with van der Waals surface area (Å²) in [6.45, 7) is 5.81. The van der Waals surface area contributed by atoms with Crippen LogP contribution >= 0.6 is 15.9 Å². The molecule has 0 saturated carbocycles. The summed E-state index contributed by atoms with van der Waals surface area (Å²) in [4.78, 5) is 25.7. The highest BCUT2D eigenvalue weighted by Crippen LogP contribution is 2.36. The maximum absolute atomic E-state index is 12.2. The molecule has 2 amide bonds. The van der Waals surface area contributed by atoms with Gasteiger partial charge < -0.3 is 0 Å². The molecule has 0 unspecified atom stereocenters. The summed E-state index contributed by atoms with van der Waals surface area (Å²) in [6.07, 6.45) is 0.815. The van der Waals surface area contributed by atoms with Gasteiger partial charge >= 0.3 is 0 Å². The molecule has 1 aliphatic rings. The quantitative estimate of drug-likeness (QED) is 0.745. The molecule has 1 aromatic carbocycles. The van der Waals surface area contributed by atoms with E-state index in [4.69, 9.17) is 0 Å². The Balaban J connectivity index is 2.42. The molecule has 18 heavy (non-hydrogen) atoms. The van der Waals surface area contributed by atoms with Crippen LogP contribution in [0, 0.1) is 12.3 Å². The molecule has 1 heterocycles. The zero-order valence-electron chi connectivity index (χ0n) is 10.8. The van der Waals surface area contributed by atoms with Crippen LogP contribution in [-0.2, 0) is 9.59 Å². The number of anilines is 1. The third-order valence-electron chi connectivity index (χ3n) is 3.24. The lowest BCUT2D eigenvalue weighted by molar-refractivity contribution is -0.132. The predicted octanol–water partition coefficient (Wildman–Crippen LogP) is 3.44. The van der Waals surface area contributed by atoms with Gasteiger partial charge in [0.25, 0.3) is 0 Å². The molecular formula is C14H16BrNO2. The Bertz CT molecular complexity index is 503. The van der Waals surface area contributed by atoms with E-state index >= 15 is 0 Å². The minimum absolute atomic E-state index is 0.113. The Labute approximate surface area is 115 Å². The van der Waals surface area contributed by atoms with Crippen molar-refractivity contribution in [3.8, 4) is 0 Å². The number of imide groups is 1. The van der Waals surface area contributed by atoms with Crippen molar-refractivity contribution in [1.82, 2.24) is 0 Å². The number of amides is 2. The monoisotopic (exact) mass is 309 g/mol. The topological polar surface area (TPSA) is 37.4 Å². The lowest BCUT2D eigenvalue weighted by Crippen LogP contribution is -2.46. The molecule has 0 spiro atoms. The highest BCUT2D eigenvalue weighted by Gasteiger charge is 2.38. The SMILES string of the molecule is Cc1c(Br)cccc1N1C(=O)CC(C)(C)CC1=O. The van der Waals surface area contributed by atoms with Crippen LogP contribution in [0.4, 0.5) is 5.69 Å². The van der Waals surface area contributed by atoms with Gasteiger partial charge in [0.05, 0.1) is 5.69 Å². The van der Waals surface area contributed by atoms with E-state index in [0.717, 1.165) is 10.0 Å². The van der Waals surface area contributed by atoms with Gasteiger partial charge in [0.2, 0.25) is 11.8 Å². The van der Waals surface area contributed by atoms with Crippen molar-refractivity contribution in [3.05, 3.63) is 28.2 Å². The van der Waals surface area contributed by atoms with E-state index < -0.39 is 0 Å². The number of hydrogen-bond donors (Lipinski definition) is 0. The van der Waals surface area contributed by atoms with Gasteiger partial charge in [-0.3, -0.25) is 14.5 Å². The van der Waals surface area contributed by atoms with E-state index in [-0.39, 0.29) is 17.2 Å². The molecular weight excluding hydrogens is 294 g/mol. The van der Waals surface area contributed by atoms with Crippen LogP contribution in [0.5, 0.6) is 0 Å². The number of carbonyl (C=O) groups excluding carboxylic acids is 2. The lowest BCUT2D eigenvalue weighted by Gasteiger charge is -2.35. The molecule has 2 rings (SSSR count). The summed E-state index contributed by atoms with van der Waals surface area (Å²) in [5, 5.41) is 0. The summed E-state index contributed by atoms with van der Waals surface area (Å²) in [5.74, 6) is -0.227. The molecule has 1 aliphatic heterocycles. The van der Waals surface area contributed by atoms with Crippen LogP contribution in [0.2, 0.25) is 0 Å². The van der Waals surface area contributed by atoms with Crippen molar-refractivity contribution < 1.29 is 9.59 Å². The van der Waals surface area contributed by atoms with Crippen LogP contribution in [0.15, 0.2) is 22.7 Å². The normalized spacial score (nSPS) is 19.2. The largest absolute Gasteiger partial charge is 0.274 e. The van der Waals surface area contributed by atoms with Crippen LogP contribution in [0.3, 0.4) is 0 Å². The number of halogens is 1. The number of piperidine rings is 1. The Kier molecular flexibility index (Phi) is 3.32. The van der Waals surface area contributed by atoms with Crippen LogP contribution in [0.1, 0.15) is 32.3 Å². The Morgan fingerprint density at radius 2 is 1.72 bits per heavy atom. The first kappa shape index (κ1) is 13.3. The molecule has 0 aromatic heterocycles. The third kappa shape index (κ3) is 2.34. The minimum Gasteiger partial charge on any atom is -0.274 e. The number of rotatable bonds is 1. The highest BCUT2D eigenvalue weighted by atomic mass is 79.9. The molecule has 0 bridgehead atoms. The molecule has 1 saturated heterocycles. The molecule has 4 heteroatoms. The van der Waals surface area contributed by atoms with E-state index in [9.17, 15) is 9.59 Å². The van der Waals surface area contributed by atoms with Crippen molar-refractivity contribution in [2.45, 2.75) is 33.6 Å². The molecule has 0 aliphatic carbocycles. The van der Waals surface area contributed by atoms with E-state index in [1.807, 2.05) is 39.0 Å². The minimum atomic E-state index is -0.232. The van der Waals surface area contributed by atoms with Gasteiger partial charge in [-0.15, -0.1) is 0 Å². The number of carbonyl (C=O) groups is 2. The Morgan fingerprint density at radius 3 is 2.28 bits per heavy atom. The second-order valence-corrected chi connectivity index (χ2v) is 6.38. The average Bonchev–Trinajstić information content (AvgIpc) is 2.21. The smallest absolute Gasteiger partial charge is 0.234 e. The van der Waals surface area contributed by atoms with E-state index in [2.05, 4.69) is 15.9 Å². The first-order valence-electron chi connectivity index (χ1n) is 5.93. The van der Waals surface area contributed by atoms with Crippen LogP contribution < -0.4 is 4.90 Å². The van der Waals surface area contributed by atoms with Crippen molar-refractivity contribution in [1.29, 1.82) is 0 Å². The second-order valence-electron chi connectivity index (χ2n) is 5.52. The second kappa shape index (κ2) is 4.50. The molecule has 1 fully saturated rings. The lowest BCUT2D eigenvalue weighted by atomic mass is 9.81. The summed E-state index contributed by atoms with van der Waals surface area (Å²) in [5.41, 5.74) is 1.37. The summed E-state index contributed by atoms with van der Waals surface area (Å²) in [7, 11) is 0. The summed E-state index contributed by atoms with van der Waals surface area (Å²) >= 11 is 3.43. The Hall–Kier alpha value is -1.16. The van der Waals surface area contributed by atoms with Crippen molar-refractivity contribution in [3.63, 3.8) is 0 Å². The first-order valence-corrected chi connectivity index (χ1v) is 6.72. The van der Waals surface area contributed by atoms with Gasteiger partial charge in [-0.1, -0.05) is 35.8 Å². The van der Waals surface area contributed by atoms with Gasteiger partial charge in [-0.2, -0.15) is 0 Å². The van der Waals surface area contributed by atoms with Gasteiger partial charge in [-0.05, 0) is 30.0 Å². The van der Waals surface area contributed by atoms with Gasteiger partial charge in [-0.25, -0.2) is 0 Å². The Morgan fingerprint density at radius 1 is 1.17 bits per heavy atom. The number of hydrogen-bond acceptors (Lipinski definition) is 2.